The molecule has 106 valence electrons. The molecular weight excluding hydrogens is 236 g/mol. The van der Waals surface area contributed by atoms with Gasteiger partial charge in [0.2, 0.25) is 0 Å². The van der Waals surface area contributed by atoms with E-state index >= 15 is 0 Å². The SMILES string of the molecule is CC1(C)CCCN1CC(O)C(N)Cc1ccccc1. The highest BCUT2D eigenvalue weighted by molar-refractivity contribution is 5.16. The van der Waals surface area contributed by atoms with Crippen molar-refractivity contribution in [2.75, 3.05) is 13.1 Å². The third-order valence-electron chi connectivity index (χ3n) is 4.29. The van der Waals surface area contributed by atoms with E-state index in [0.29, 0.717) is 6.54 Å². The van der Waals surface area contributed by atoms with Crippen LogP contribution < -0.4 is 5.73 Å². The summed E-state index contributed by atoms with van der Waals surface area (Å²) in [7, 11) is 0. The summed E-state index contributed by atoms with van der Waals surface area (Å²) in [5, 5.41) is 10.3. The number of benzene rings is 1. The maximum atomic E-state index is 10.3. The molecule has 0 spiro atoms. The van der Waals surface area contributed by atoms with Crippen LogP contribution in [-0.4, -0.2) is 40.8 Å². The Hall–Kier alpha value is -0.900. The number of hydrogen-bond acceptors (Lipinski definition) is 3. The first-order valence-electron chi connectivity index (χ1n) is 7.22. The van der Waals surface area contributed by atoms with Crippen molar-refractivity contribution < 1.29 is 5.11 Å². The van der Waals surface area contributed by atoms with E-state index in [0.717, 1.165) is 13.0 Å². The van der Waals surface area contributed by atoms with Crippen molar-refractivity contribution in [3.63, 3.8) is 0 Å². The Morgan fingerprint density at radius 3 is 2.58 bits per heavy atom. The average molecular weight is 262 g/mol. The van der Waals surface area contributed by atoms with E-state index in [2.05, 4.69) is 30.9 Å². The van der Waals surface area contributed by atoms with E-state index in [-0.39, 0.29) is 11.6 Å². The van der Waals surface area contributed by atoms with Gasteiger partial charge in [0, 0.05) is 18.1 Å². The van der Waals surface area contributed by atoms with E-state index in [4.69, 9.17) is 5.73 Å². The van der Waals surface area contributed by atoms with Gasteiger partial charge in [-0.15, -0.1) is 0 Å². The van der Waals surface area contributed by atoms with Crippen LogP contribution in [0.15, 0.2) is 30.3 Å². The van der Waals surface area contributed by atoms with Crippen LogP contribution in [-0.2, 0) is 6.42 Å². The molecule has 0 bridgehead atoms. The predicted molar refractivity (Wildman–Crippen MR) is 79.0 cm³/mol. The lowest BCUT2D eigenvalue weighted by Gasteiger charge is -2.34. The summed E-state index contributed by atoms with van der Waals surface area (Å²) in [4.78, 5) is 2.36. The zero-order chi connectivity index (χ0) is 13.9. The third-order valence-corrected chi connectivity index (χ3v) is 4.29. The maximum absolute atomic E-state index is 10.3. The topological polar surface area (TPSA) is 49.5 Å². The number of β-amino-alcohol motifs (C(OH)–C–C–N with tert-alkyl or cyclic N) is 1. The van der Waals surface area contributed by atoms with Gasteiger partial charge in [-0.25, -0.2) is 0 Å². The standard InChI is InChI=1S/C16H26N2O/c1-16(2)9-6-10-18(16)12-15(19)14(17)11-13-7-4-3-5-8-13/h3-5,7-8,14-15,19H,6,9-12,17H2,1-2H3. The van der Waals surface area contributed by atoms with Crippen molar-refractivity contribution in [3.05, 3.63) is 35.9 Å². The molecule has 3 heteroatoms. The van der Waals surface area contributed by atoms with Crippen molar-refractivity contribution in [2.45, 2.75) is 50.8 Å². The first-order chi connectivity index (χ1) is 8.99. The average Bonchev–Trinajstić information content (AvgIpc) is 2.70. The van der Waals surface area contributed by atoms with Crippen LogP contribution >= 0.6 is 0 Å². The van der Waals surface area contributed by atoms with Crippen molar-refractivity contribution in [3.8, 4) is 0 Å². The summed E-state index contributed by atoms with van der Waals surface area (Å²) >= 11 is 0. The van der Waals surface area contributed by atoms with Crippen LogP contribution in [0.3, 0.4) is 0 Å². The Labute approximate surface area is 116 Å². The minimum atomic E-state index is -0.461. The quantitative estimate of drug-likeness (QED) is 0.850. The van der Waals surface area contributed by atoms with Gasteiger partial charge in [-0.3, -0.25) is 4.90 Å². The Balaban J connectivity index is 1.87. The van der Waals surface area contributed by atoms with Crippen LogP contribution in [0.2, 0.25) is 0 Å². The molecule has 2 unspecified atom stereocenters. The highest BCUT2D eigenvalue weighted by Crippen LogP contribution is 2.28. The lowest BCUT2D eigenvalue weighted by Crippen LogP contribution is -2.49. The molecule has 1 heterocycles. The van der Waals surface area contributed by atoms with Gasteiger partial charge in [-0.1, -0.05) is 30.3 Å². The van der Waals surface area contributed by atoms with Crippen molar-refractivity contribution in [1.82, 2.24) is 4.90 Å². The fraction of sp³-hybridized carbons (Fsp3) is 0.625. The van der Waals surface area contributed by atoms with Gasteiger partial charge in [0.15, 0.2) is 0 Å². The number of nitrogens with two attached hydrogens (primary N) is 1. The molecule has 2 rings (SSSR count). The number of nitrogens with zero attached hydrogens (tertiary/aromatic N) is 1. The molecule has 0 aromatic heterocycles. The zero-order valence-electron chi connectivity index (χ0n) is 12.0. The first-order valence-corrected chi connectivity index (χ1v) is 7.22. The molecule has 2 atom stereocenters. The number of aliphatic hydroxyl groups excluding tert-OH is 1. The number of hydrogen-bond donors (Lipinski definition) is 2. The maximum Gasteiger partial charge on any atom is 0.0821 e. The van der Waals surface area contributed by atoms with Crippen LogP contribution in [0.4, 0.5) is 0 Å². The molecule has 19 heavy (non-hydrogen) atoms. The minimum Gasteiger partial charge on any atom is -0.390 e. The fourth-order valence-electron chi connectivity index (χ4n) is 2.89. The second-order valence-corrected chi connectivity index (χ2v) is 6.28. The van der Waals surface area contributed by atoms with Crippen molar-refractivity contribution in [1.29, 1.82) is 0 Å². The second-order valence-electron chi connectivity index (χ2n) is 6.28. The molecule has 1 aliphatic rings. The molecule has 1 fully saturated rings. The van der Waals surface area contributed by atoms with Crippen molar-refractivity contribution >= 4 is 0 Å². The molecule has 1 aromatic carbocycles. The lowest BCUT2D eigenvalue weighted by molar-refractivity contribution is 0.0623. The summed E-state index contributed by atoms with van der Waals surface area (Å²) < 4.78 is 0. The lowest BCUT2D eigenvalue weighted by atomic mass is 9.99. The van der Waals surface area contributed by atoms with E-state index < -0.39 is 6.10 Å². The van der Waals surface area contributed by atoms with Crippen LogP contribution in [0.5, 0.6) is 0 Å². The summed E-state index contributed by atoms with van der Waals surface area (Å²) in [5.74, 6) is 0. The predicted octanol–water partition coefficient (Wildman–Crippen LogP) is 1.79. The molecule has 1 aromatic rings. The van der Waals surface area contributed by atoms with Crippen molar-refractivity contribution in [2.24, 2.45) is 5.73 Å². The molecule has 1 aliphatic heterocycles. The second kappa shape index (κ2) is 6.04. The normalized spacial score (nSPS) is 22.3. The molecule has 1 saturated heterocycles. The summed E-state index contributed by atoms with van der Waals surface area (Å²) in [5.41, 5.74) is 7.53. The minimum absolute atomic E-state index is 0.196. The molecular formula is C16H26N2O. The first kappa shape index (κ1) is 14.5. The van der Waals surface area contributed by atoms with Crippen LogP contribution in [0, 0.1) is 0 Å². The molecule has 3 nitrogen and oxygen atoms in total. The van der Waals surface area contributed by atoms with Crippen LogP contribution in [0.25, 0.3) is 0 Å². The Bertz CT molecular complexity index is 391. The summed E-state index contributed by atoms with van der Waals surface area (Å²) in [6.07, 6.45) is 2.69. The molecule has 0 aliphatic carbocycles. The van der Waals surface area contributed by atoms with Gasteiger partial charge in [0.05, 0.1) is 6.10 Å². The van der Waals surface area contributed by atoms with E-state index in [9.17, 15) is 5.11 Å². The Kier molecular flexibility index (Phi) is 4.61. The Morgan fingerprint density at radius 1 is 1.32 bits per heavy atom. The summed E-state index contributed by atoms with van der Waals surface area (Å²) in [6, 6.07) is 9.95. The van der Waals surface area contributed by atoms with Gasteiger partial charge in [0.25, 0.3) is 0 Å². The van der Waals surface area contributed by atoms with E-state index in [1.54, 1.807) is 0 Å². The monoisotopic (exact) mass is 262 g/mol. The van der Waals surface area contributed by atoms with Gasteiger partial charge in [-0.05, 0) is 45.2 Å². The van der Waals surface area contributed by atoms with Gasteiger partial charge in [0.1, 0.15) is 0 Å². The molecule has 0 saturated carbocycles. The summed E-state index contributed by atoms with van der Waals surface area (Å²) in [6.45, 7) is 6.24. The highest BCUT2D eigenvalue weighted by Gasteiger charge is 2.33. The fourth-order valence-corrected chi connectivity index (χ4v) is 2.89. The number of aliphatic hydroxyl groups is 1. The Morgan fingerprint density at radius 2 is 2.00 bits per heavy atom. The molecule has 0 amide bonds. The van der Waals surface area contributed by atoms with Crippen LogP contribution in [0.1, 0.15) is 32.3 Å². The zero-order valence-corrected chi connectivity index (χ0v) is 12.0. The van der Waals surface area contributed by atoms with Gasteiger partial charge < -0.3 is 10.8 Å². The van der Waals surface area contributed by atoms with Gasteiger partial charge >= 0.3 is 0 Å². The largest absolute Gasteiger partial charge is 0.390 e. The smallest absolute Gasteiger partial charge is 0.0821 e. The number of rotatable bonds is 5. The van der Waals surface area contributed by atoms with E-state index in [1.807, 2.05) is 18.2 Å². The van der Waals surface area contributed by atoms with E-state index in [1.165, 1.54) is 18.4 Å². The van der Waals surface area contributed by atoms with Gasteiger partial charge in [-0.2, -0.15) is 0 Å². The number of likely N-dealkylation sites (tertiary alicyclic amines) is 1. The molecule has 0 radical (unpaired) electrons. The highest BCUT2D eigenvalue weighted by atomic mass is 16.3. The molecule has 3 N–H and O–H groups in total. The third kappa shape index (κ3) is 3.78.